The minimum absolute atomic E-state index is 0.212. The number of carboxylic acids is 1. The Morgan fingerprint density at radius 1 is 1.64 bits per heavy atom. The van der Waals surface area contributed by atoms with Crippen LogP contribution < -0.4 is 0 Å². The Bertz CT molecular complexity index is 150. The fourth-order valence-corrected chi connectivity index (χ4v) is 1.35. The van der Waals surface area contributed by atoms with E-state index in [0.717, 1.165) is 13.1 Å². The zero-order chi connectivity index (χ0) is 8.43. The summed E-state index contributed by atoms with van der Waals surface area (Å²) in [4.78, 5) is 12.2. The molecule has 0 atom stereocenters. The van der Waals surface area contributed by atoms with E-state index in [1.807, 2.05) is 4.90 Å². The SMILES string of the molecule is CC(C)C1CN(CC(=O)O)C1. The number of nitrogens with zero attached hydrogens (tertiary/aromatic N) is 1. The summed E-state index contributed by atoms with van der Waals surface area (Å²) >= 11 is 0. The molecule has 0 bridgehead atoms. The van der Waals surface area contributed by atoms with Crippen LogP contribution in [0.15, 0.2) is 0 Å². The van der Waals surface area contributed by atoms with Crippen molar-refractivity contribution in [1.29, 1.82) is 0 Å². The maximum Gasteiger partial charge on any atom is 0.317 e. The fourth-order valence-electron chi connectivity index (χ4n) is 1.35. The molecule has 0 aromatic heterocycles. The standard InChI is InChI=1S/C8H15NO2/c1-6(2)7-3-9(4-7)5-8(10)11/h6-7H,3-5H2,1-2H3,(H,10,11). The van der Waals surface area contributed by atoms with E-state index in [1.54, 1.807) is 0 Å². The molecule has 1 saturated heterocycles. The van der Waals surface area contributed by atoms with Gasteiger partial charge in [0.15, 0.2) is 0 Å². The summed E-state index contributed by atoms with van der Waals surface area (Å²) in [6.07, 6.45) is 0. The Morgan fingerprint density at radius 3 is 2.55 bits per heavy atom. The highest BCUT2D eigenvalue weighted by Gasteiger charge is 2.29. The van der Waals surface area contributed by atoms with Crippen LogP contribution in [-0.2, 0) is 4.79 Å². The fraction of sp³-hybridized carbons (Fsp3) is 0.875. The predicted octanol–water partition coefficient (Wildman–Crippen LogP) is 0.659. The molecule has 1 aliphatic rings. The van der Waals surface area contributed by atoms with Crippen molar-refractivity contribution >= 4 is 5.97 Å². The molecule has 0 aromatic carbocycles. The van der Waals surface area contributed by atoms with Crippen molar-refractivity contribution in [2.45, 2.75) is 13.8 Å². The summed E-state index contributed by atoms with van der Waals surface area (Å²) < 4.78 is 0. The molecular weight excluding hydrogens is 142 g/mol. The average molecular weight is 157 g/mol. The van der Waals surface area contributed by atoms with Crippen LogP contribution in [0.5, 0.6) is 0 Å². The van der Waals surface area contributed by atoms with E-state index in [-0.39, 0.29) is 6.54 Å². The van der Waals surface area contributed by atoms with E-state index < -0.39 is 5.97 Å². The van der Waals surface area contributed by atoms with Crippen molar-refractivity contribution in [3.8, 4) is 0 Å². The summed E-state index contributed by atoms with van der Waals surface area (Å²) in [5.41, 5.74) is 0. The lowest BCUT2D eigenvalue weighted by Crippen LogP contribution is -2.50. The van der Waals surface area contributed by atoms with E-state index >= 15 is 0 Å². The van der Waals surface area contributed by atoms with Gasteiger partial charge in [0.1, 0.15) is 0 Å². The lowest BCUT2D eigenvalue weighted by atomic mass is 9.88. The molecule has 1 heterocycles. The van der Waals surface area contributed by atoms with Crippen LogP contribution in [-0.4, -0.2) is 35.6 Å². The number of aliphatic carboxylic acids is 1. The number of carbonyl (C=O) groups is 1. The maximum atomic E-state index is 10.2. The second kappa shape index (κ2) is 3.22. The van der Waals surface area contributed by atoms with Crippen LogP contribution in [0.4, 0.5) is 0 Å². The van der Waals surface area contributed by atoms with Crippen LogP contribution in [0.2, 0.25) is 0 Å². The Balaban J connectivity index is 2.14. The molecule has 0 amide bonds. The quantitative estimate of drug-likeness (QED) is 0.654. The zero-order valence-corrected chi connectivity index (χ0v) is 7.08. The van der Waals surface area contributed by atoms with Gasteiger partial charge in [-0.25, -0.2) is 0 Å². The Hall–Kier alpha value is -0.570. The minimum atomic E-state index is -0.716. The molecule has 11 heavy (non-hydrogen) atoms. The first-order valence-electron chi connectivity index (χ1n) is 4.03. The maximum absolute atomic E-state index is 10.2. The van der Waals surface area contributed by atoms with E-state index in [9.17, 15) is 4.79 Å². The van der Waals surface area contributed by atoms with Crippen LogP contribution >= 0.6 is 0 Å². The van der Waals surface area contributed by atoms with Gasteiger partial charge in [-0.05, 0) is 11.8 Å². The highest BCUT2D eigenvalue weighted by Crippen LogP contribution is 2.22. The minimum Gasteiger partial charge on any atom is -0.480 e. The second-order valence-electron chi connectivity index (χ2n) is 3.59. The molecule has 1 rings (SSSR count). The third-order valence-corrected chi connectivity index (χ3v) is 2.29. The van der Waals surface area contributed by atoms with Gasteiger partial charge in [0.2, 0.25) is 0 Å². The molecule has 0 saturated carbocycles. The first kappa shape index (κ1) is 8.53. The molecule has 0 spiro atoms. The smallest absolute Gasteiger partial charge is 0.317 e. The Labute approximate surface area is 67.0 Å². The summed E-state index contributed by atoms with van der Waals surface area (Å²) in [6.45, 7) is 6.50. The van der Waals surface area contributed by atoms with E-state index in [1.165, 1.54) is 0 Å². The van der Waals surface area contributed by atoms with Crippen molar-refractivity contribution < 1.29 is 9.90 Å². The van der Waals surface area contributed by atoms with E-state index in [2.05, 4.69) is 13.8 Å². The molecule has 0 unspecified atom stereocenters. The van der Waals surface area contributed by atoms with Crippen molar-refractivity contribution in [3.05, 3.63) is 0 Å². The van der Waals surface area contributed by atoms with Gasteiger partial charge >= 0.3 is 5.97 Å². The van der Waals surface area contributed by atoms with Gasteiger partial charge in [0, 0.05) is 13.1 Å². The normalized spacial score (nSPS) is 20.3. The van der Waals surface area contributed by atoms with E-state index in [4.69, 9.17) is 5.11 Å². The number of hydrogen-bond donors (Lipinski definition) is 1. The highest BCUT2D eigenvalue weighted by molar-refractivity contribution is 5.69. The number of rotatable bonds is 3. The molecule has 1 aliphatic heterocycles. The number of carboxylic acid groups (broad SMARTS) is 1. The first-order valence-corrected chi connectivity index (χ1v) is 4.03. The summed E-state index contributed by atoms with van der Waals surface area (Å²) in [5.74, 6) is 0.696. The zero-order valence-electron chi connectivity index (χ0n) is 7.08. The van der Waals surface area contributed by atoms with Crippen molar-refractivity contribution in [1.82, 2.24) is 4.90 Å². The molecule has 3 heteroatoms. The second-order valence-corrected chi connectivity index (χ2v) is 3.59. The lowest BCUT2D eigenvalue weighted by Gasteiger charge is -2.40. The highest BCUT2D eigenvalue weighted by atomic mass is 16.4. The lowest BCUT2D eigenvalue weighted by molar-refractivity contribution is -0.140. The van der Waals surface area contributed by atoms with Crippen molar-refractivity contribution in [3.63, 3.8) is 0 Å². The van der Waals surface area contributed by atoms with Gasteiger partial charge < -0.3 is 5.11 Å². The van der Waals surface area contributed by atoms with Gasteiger partial charge in [-0.3, -0.25) is 9.69 Å². The monoisotopic (exact) mass is 157 g/mol. The summed E-state index contributed by atoms with van der Waals surface area (Å²) in [7, 11) is 0. The van der Waals surface area contributed by atoms with Crippen LogP contribution in [0.25, 0.3) is 0 Å². The number of likely N-dealkylation sites (tertiary alicyclic amines) is 1. The van der Waals surface area contributed by atoms with E-state index in [0.29, 0.717) is 11.8 Å². The Kier molecular flexibility index (Phi) is 2.49. The molecule has 0 aliphatic carbocycles. The Morgan fingerprint density at radius 2 is 2.18 bits per heavy atom. The molecule has 0 radical (unpaired) electrons. The van der Waals surface area contributed by atoms with Crippen LogP contribution in [0.3, 0.4) is 0 Å². The molecule has 0 aromatic rings. The molecule has 1 N–H and O–H groups in total. The number of hydrogen-bond acceptors (Lipinski definition) is 2. The summed E-state index contributed by atoms with van der Waals surface area (Å²) in [5, 5.41) is 8.43. The topological polar surface area (TPSA) is 40.5 Å². The van der Waals surface area contributed by atoms with Gasteiger partial charge in [0.25, 0.3) is 0 Å². The molecule has 3 nitrogen and oxygen atoms in total. The molecular formula is C8H15NO2. The van der Waals surface area contributed by atoms with Crippen molar-refractivity contribution in [2.75, 3.05) is 19.6 Å². The summed E-state index contributed by atoms with van der Waals surface area (Å²) in [6, 6.07) is 0. The van der Waals surface area contributed by atoms with Crippen LogP contribution in [0, 0.1) is 11.8 Å². The first-order chi connectivity index (χ1) is 5.09. The average Bonchev–Trinajstić information content (AvgIpc) is 1.75. The molecule has 64 valence electrons. The van der Waals surface area contributed by atoms with Gasteiger partial charge in [-0.2, -0.15) is 0 Å². The van der Waals surface area contributed by atoms with Gasteiger partial charge in [-0.15, -0.1) is 0 Å². The largest absolute Gasteiger partial charge is 0.480 e. The third-order valence-electron chi connectivity index (χ3n) is 2.29. The van der Waals surface area contributed by atoms with Gasteiger partial charge in [-0.1, -0.05) is 13.8 Å². The van der Waals surface area contributed by atoms with Crippen LogP contribution in [0.1, 0.15) is 13.8 Å². The molecule has 1 fully saturated rings. The predicted molar refractivity (Wildman–Crippen MR) is 42.4 cm³/mol. The van der Waals surface area contributed by atoms with Gasteiger partial charge in [0.05, 0.1) is 6.54 Å². The third kappa shape index (κ3) is 2.19. The van der Waals surface area contributed by atoms with Crippen molar-refractivity contribution in [2.24, 2.45) is 11.8 Å².